The Morgan fingerprint density at radius 1 is 1.33 bits per heavy atom. The summed E-state index contributed by atoms with van der Waals surface area (Å²) in [6, 6.07) is 8.22. The Morgan fingerprint density at radius 2 is 2.17 bits per heavy atom. The zero-order valence-corrected chi connectivity index (χ0v) is 9.56. The van der Waals surface area contributed by atoms with Gasteiger partial charge in [0.05, 0.1) is 6.20 Å². The number of anilines is 1. The summed E-state index contributed by atoms with van der Waals surface area (Å²) in [6.07, 6.45) is 2.73. The highest BCUT2D eigenvalue weighted by Gasteiger charge is 2.01. The Balaban J connectivity index is 2.06. The van der Waals surface area contributed by atoms with E-state index in [0.29, 0.717) is 12.1 Å². The number of carbonyl (C=O) groups is 1. The third-order valence-electron chi connectivity index (χ3n) is 2.41. The lowest BCUT2D eigenvalue weighted by atomic mass is 10.2. The summed E-state index contributed by atoms with van der Waals surface area (Å²) >= 11 is 0. The molecule has 1 heterocycles. The van der Waals surface area contributed by atoms with Crippen molar-refractivity contribution in [3.8, 4) is 0 Å². The molecule has 0 radical (unpaired) electrons. The number of nitrogens with one attached hydrogen (secondary N) is 1. The van der Waals surface area contributed by atoms with Crippen molar-refractivity contribution in [2.45, 2.75) is 6.54 Å². The van der Waals surface area contributed by atoms with Crippen LogP contribution in [0.15, 0.2) is 42.7 Å². The Morgan fingerprint density at radius 3 is 2.89 bits per heavy atom. The monoisotopic (exact) mass is 245 g/mol. The average Bonchev–Trinajstić information content (AvgIpc) is 2.37. The van der Waals surface area contributed by atoms with E-state index in [0.717, 1.165) is 17.4 Å². The van der Waals surface area contributed by atoms with Crippen LogP contribution in [-0.2, 0) is 6.54 Å². The number of hydrogen-bond acceptors (Lipinski definition) is 3. The van der Waals surface area contributed by atoms with Crippen LogP contribution in [0.3, 0.4) is 0 Å². The molecule has 0 fully saturated rings. The van der Waals surface area contributed by atoms with Gasteiger partial charge in [-0.3, -0.25) is 9.78 Å². The lowest BCUT2D eigenvalue weighted by Gasteiger charge is -2.07. The largest absolute Gasteiger partial charge is 0.381 e. The summed E-state index contributed by atoms with van der Waals surface area (Å²) in [5.74, 6) is -0.855. The number of pyridine rings is 1. The van der Waals surface area contributed by atoms with E-state index in [1.54, 1.807) is 30.5 Å². The normalized spacial score (nSPS) is 10.1. The summed E-state index contributed by atoms with van der Waals surface area (Å²) in [5.41, 5.74) is 7.08. The number of rotatable bonds is 4. The summed E-state index contributed by atoms with van der Waals surface area (Å²) in [6.45, 7) is 0.424. The lowest BCUT2D eigenvalue weighted by Crippen LogP contribution is -2.11. The van der Waals surface area contributed by atoms with Crippen LogP contribution in [0.1, 0.15) is 15.9 Å². The van der Waals surface area contributed by atoms with Crippen LogP contribution in [-0.4, -0.2) is 10.9 Å². The van der Waals surface area contributed by atoms with Crippen molar-refractivity contribution >= 4 is 11.6 Å². The van der Waals surface area contributed by atoms with E-state index in [9.17, 15) is 9.18 Å². The van der Waals surface area contributed by atoms with Gasteiger partial charge in [0.15, 0.2) is 0 Å². The van der Waals surface area contributed by atoms with Crippen LogP contribution in [0.2, 0.25) is 0 Å². The minimum absolute atomic E-state index is 0.375. The van der Waals surface area contributed by atoms with Crippen molar-refractivity contribution in [1.82, 2.24) is 4.98 Å². The molecular weight excluding hydrogens is 233 g/mol. The summed E-state index contributed by atoms with van der Waals surface area (Å²) in [4.78, 5) is 14.8. The van der Waals surface area contributed by atoms with Crippen molar-refractivity contribution in [1.29, 1.82) is 0 Å². The third-order valence-corrected chi connectivity index (χ3v) is 2.41. The number of aromatic nitrogens is 1. The van der Waals surface area contributed by atoms with E-state index in [2.05, 4.69) is 10.3 Å². The highest BCUT2D eigenvalue weighted by Crippen LogP contribution is 2.12. The van der Waals surface area contributed by atoms with Gasteiger partial charge in [-0.25, -0.2) is 4.39 Å². The molecule has 3 N–H and O–H groups in total. The van der Waals surface area contributed by atoms with E-state index >= 15 is 0 Å². The van der Waals surface area contributed by atoms with Crippen LogP contribution in [0.4, 0.5) is 10.1 Å². The molecule has 0 aliphatic heterocycles. The van der Waals surface area contributed by atoms with E-state index in [-0.39, 0.29) is 5.82 Å². The zero-order chi connectivity index (χ0) is 13.0. The van der Waals surface area contributed by atoms with Crippen LogP contribution in [0.5, 0.6) is 0 Å². The second-order valence-electron chi connectivity index (χ2n) is 3.81. The van der Waals surface area contributed by atoms with E-state index in [4.69, 9.17) is 5.73 Å². The molecule has 1 aromatic heterocycles. The number of benzene rings is 1. The van der Waals surface area contributed by atoms with E-state index < -0.39 is 5.91 Å². The van der Waals surface area contributed by atoms with Crippen molar-refractivity contribution in [2.75, 3.05) is 5.32 Å². The van der Waals surface area contributed by atoms with Crippen LogP contribution >= 0.6 is 0 Å². The minimum Gasteiger partial charge on any atom is -0.381 e. The molecule has 1 amide bonds. The molecule has 0 aliphatic rings. The fraction of sp³-hybridized carbons (Fsp3) is 0.0769. The quantitative estimate of drug-likeness (QED) is 0.864. The Bertz CT molecular complexity index is 572. The second kappa shape index (κ2) is 5.27. The van der Waals surface area contributed by atoms with Gasteiger partial charge in [0.25, 0.3) is 0 Å². The first-order valence-corrected chi connectivity index (χ1v) is 5.38. The predicted molar refractivity (Wildman–Crippen MR) is 66.5 cm³/mol. The van der Waals surface area contributed by atoms with E-state index in [1.807, 2.05) is 0 Å². The van der Waals surface area contributed by atoms with Crippen LogP contribution in [0, 0.1) is 5.82 Å². The topological polar surface area (TPSA) is 68.0 Å². The van der Waals surface area contributed by atoms with Gasteiger partial charge in [0, 0.05) is 24.0 Å². The lowest BCUT2D eigenvalue weighted by molar-refractivity contribution is 0.100. The van der Waals surface area contributed by atoms with Gasteiger partial charge < -0.3 is 11.1 Å². The zero-order valence-electron chi connectivity index (χ0n) is 9.56. The fourth-order valence-corrected chi connectivity index (χ4v) is 1.54. The molecule has 0 bridgehead atoms. The third kappa shape index (κ3) is 3.04. The summed E-state index contributed by atoms with van der Waals surface area (Å²) in [5, 5.41) is 3.07. The van der Waals surface area contributed by atoms with Gasteiger partial charge in [0.1, 0.15) is 5.82 Å². The molecule has 0 unspecified atom stereocenters. The summed E-state index contributed by atoms with van der Waals surface area (Å²) < 4.78 is 12.9. The Hall–Kier alpha value is -2.43. The highest BCUT2D eigenvalue weighted by molar-refractivity contribution is 5.93. The molecule has 1 aromatic carbocycles. The highest BCUT2D eigenvalue weighted by atomic mass is 19.1. The molecule has 0 spiro atoms. The van der Waals surface area contributed by atoms with Gasteiger partial charge in [-0.15, -0.1) is 0 Å². The Labute approximate surface area is 104 Å². The number of nitrogens with two attached hydrogens (primary N) is 1. The number of carbonyl (C=O) groups excluding carboxylic acids is 1. The molecule has 2 aromatic rings. The maximum Gasteiger partial charge on any atom is 0.248 e. The first kappa shape index (κ1) is 12.0. The number of nitrogens with zero attached hydrogens (tertiary/aromatic N) is 1. The molecule has 0 atom stereocenters. The van der Waals surface area contributed by atoms with Gasteiger partial charge in [-0.1, -0.05) is 6.07 Å². The maximum absolute atomic E-state index is 12.9. The van der Waals surface area contributed by atoms with Crippen molar-refractivity contribution in [3.63, 3.8) is 0 Å². The molecule has 4 nitrogen and oxygen atoms in total. The first-order chi connectivity index (χ1) is 8.65. The number of halogens is 1. The van der Waals surface area contributed by atoms with Gasteiger partial charge in [0.2, 0.25) is 5.91 Å². The number of primary amides is 1. The SMILES string of the molecule is NC(=O)c1cccc(NCc2cncc(F)c2)c1. The second-order valence-corrected chi connectivity index (χ2v) is 3.81. The number of amides is 1. The molecule has 5 heteroatoms. The molecule has 2 rings (SSSR count). The van der Waals surface area contributed by atoms with Crippen LogP contribution in [0.25, 0.3) is 0 Å². The van der Waals surface area contributed by atoms with Gasteiger partial charge in [-0.2, -0.15) is 0 Å². The molecule has 92 valence electrons. The molecule has 0 saturated carbocycles. The van der Waals surface area contributed by atoms with Crippen molar-refractivity contribution in [2.24, 2.45) is 5.73 Å². The smallest absolute Gasteiger partial charge is 0.248 e. The van der Waals surface area contributed by atoms with Crippen LogP contribution < -0.4 is 11.1 Å². The van der Waals surface area contributed by atoms with Gasteiger partial charge >= 0.3 is 0 Å². The molecular formula is C13H12FN3O. The minimum atomic E-state index is -0.480. The van der Waals surface area contributed by atoms with Gasteiger partial charge in [-0.05, 0) is 29.8 Å². The number of hydrogen-bond donors (Lipinski definition) is 2. The van der Waals surface area contributed by atoms with Crippen molar-refractivity contribution < 1.29 is 9.18 Å². The molecule has 0 aliphatic carbocycles. The summed E-state index contributed by atoms with van der Waals surface area (Å²) in [7, 11) is 0. The molecule has 18 heavy (non-hydrogen) atoms. The average molecular weight is 245 g/mol. The van der Waals surface area contributed by atoms with E-state index in [1.165, 1.54) is 6.07 Å². The predicted octanol–water partition coefficient (Wildman–Crippen LogP) is 1.93. The standard InChI is InChI=1S/C13H12FN3O/c14-11-4-9(6-16-8-11)7-17-12-3-1-2-10(5-12)13(15)18/h1-6,8,17H,7H2,(H2,15,18). The Kier molecular flexibility index (Phi) is 3.52. The first-order valence-electron chi connectivity index (χ1n) is 5.38. The van der Waals surface area contributed by atoms with Crippen molar-refractivity contribution in [3.05, 3.63) is 59.7 Å². The fourth-order valence-electron chi connectivity index (χ4n) is 1.54. The maximum atomic E-state index is 12.9. The molecule has 0 saturated heterocycles.